The lowest BCUT2D eigenvalue weighted by Crippen LogP contribution is -2.75. The van der Waals surface area contributed by atoms with Crippen molar-refractivity contribution in [2.75, 3.05) is 4.90 Å². The van der Waals surface area contributed by atoms with Crippen LogP contribution in [0.15, 0.2) is 225 Å². The molecule has 0 spiro atoms. The number of nitrogens with zero attached hydrogens (tertiary/aromatic N) is 4. The van der Waals surface area contributed by atoms with Crippen molar-refractivity contribution < 1.29 is 9.30 Å². The fourth-order valence-corrected chi connectivity index (χ4v) is 18.3. The van der Waals surface area contributed by atoms with Crippen molar-refractivity contribution in [3.05, 3.63) is 247 Å². The molecular weight excluding hydrogens is 1010 g/mol. The summed E-state index contributed by atoms with van der Waals surface area (Å²) in [5.41, 5.74) is 18.6. The van der Waals surface area contributed by atoms with Crippen LogP contribution in [-0.4, -0.2) is 17.6 Å². The maximum Gasteiger partial charge on any atom is 0.255 e. The third-order valence-electron chi connectivity index (χ3n) is 17.2. The van der Waals surface area contributed by atoms with E-state index >= 15 is 0 Å². The zero-order valence-electron chi connectivity index (χ0n) is 49.6. The molecule has 0 aliphatic carbocycles. The van der Waals surface area contributed by atoms with Crippen LogP contribution in [0.1, 0.15) is 105 Å². The van der Waals surface area contributed by atoms with Gasteiger partial charge in [-0.2, -0.15) is 9.13 Å². The lowest BCUT2D eigenvalue weighted by Gasteiger charge is -2.43. The summed E-state index contributed by atoms with van der Waals surface area (Å²) in [6, 6.07) is 79.2. The van der Waals surface area contributed by atoms with Gasteiger partial charge in [-0.15, -0.1) is 0 Å². The van der Waals surface area contributed by atoms with Crippen molar-refractivity contribution >= 4 is 57.0 Å². The van der Waals surface area contributed by atoms with E-state index in [1.165, 1.54) is 70.9 Å². The Bertz CT molecular complexity index is 4270. The van der Waals surface area contributed by atoms with Crippen molar-refractivity contribution in [3.8, 4) is 56.3 Å². The van der Waals surface area contributed by atoms with Gasteiger partial charge in [-0.25, -0.2) is 4.98 Å². The van der Waals surface area contributed by atoms with Gasteiger partial charge in [0.25, 0.3) is 6.33 Å². The Morgan fingerprint density at radius 2 is 1.02 bits per heavy atom. The van der Waals surface area contributed by atoms with Crippen molar-refractivity contribution in [2.45, 2.75) is 105 Å². The van der Waals surface area contributed by atoms with Crippen LogP contribution in [0.25, 0.3) is 55.8 Å². The number of hydrogen-bond acceptors (Lipinski definition) is 3. The summed E-state index contributed by atoms with van der Waals surface area (Å²) in [7, 11) is -2.89. The highest BCUT2D eigenvalue weighted by atomic mass is 28.3. The second kappa shape index (κ2) is 19.3. The average Bonchev–Trinajstić information content (AvgIpc) is 1.60. The van der Waals surface area contributed by atoms with Gasteiger partial charge in [0, 0.05) is 35.1 Å². The molecule has 0 bridgehead atoms. The number of fused-ring (bicyclic) bond motifs is 6. The second-order valence-electron chi connectivity index (χ2n) is 26.8. The number of anilines is 3. The van der Waals surface area contributed by atoms with E-state index in [0.29, 0.717) is 0 Å². The van der Waals surface area contributed by atoms with Crippen molar-refractivity contribution in [1.82, 2.24) is 9.55 Å². The van der Waals surface area contributed by atoms with E-state index in [9.17, 15) is 0 Å². The normalized spacial score (nSPS) is 14.9. The number of aromatic nitrogens is 3. The maximum atomic E-state index is 7.37. The second-order valence-corrected chi connectivity index (χ2v) is 30.5. The monoisotopic (exact) mass is 1090 g/mol. The zero-order valence-corrected chi connectivity index (χ0v) is 50.6. The minimum Gasteiger partial charge on any atom is -0.457 e. The molecule has 2 aliphatic heterocycles. The van der Waals surface area contributed by atoms with Crippen LogP contribution in [-0.2, 0) is 21.7 Å². The first-order chi connectivity index (χ1) is 39.2. The molecule has 1 atom stereocenters. The summed E-state index contributed by atoms with van der Waals surface area (Å²) < 4.78 is 12.2. The summed E-state index contributed by atoms with van der Waals surface area (Å²) in [6.07, 6.45) is 4.28. The van der Waals surface area contributed by atoms with Crippen LogP contribution in [0.5, 0.6) is 11.5 Å². The standard InChI is InChI=1S/C76H73N4OSi/c1-73(2,3)52-39-40-77-70(46-52)80-66-35-24-32-63-62-29-19-22-36-68(62)82(72(63)66,59-27-17-14-18-28-59)69-38-37-57(48-67(69)80)81-58-45-55(76(10,11)12)44-56(47-58)78-49-79(65-34-21-20-33-64(65)78)71-60(50-25-15-13-16-26-50)30-23-31-61(71)51-41-53(74(4,5)6)43-54(42-51)75(7,8)9/h13-49H,1-12H3/q+1. The Morgan fingerprint density at radius 1 is 0.427 bits per heavy atom. The number of benzene rings is 9. The van der Waals surface area contributed by atoms with Gasteiger partial charge in [-0.05, 0) is 135 Å². The molecule has 0 saturated heterocycles. The van der Waals surface area contributed by atoms with Gasteiger partial charge in [-0.1, -0.05) is 235 Å². The molecule has 13 rings (SSSR count). The van der Waals surface area contributed by atoms with Gasteiger partial charge in [0.15, 0.2) is 19.1 Å². The fraction of sp³-hybridized carbons (Fsp3) is 0.211. The Morgan fingerprint density at radius 3 is 1.73 bits per heavy atom. The highest BCUT2D eigenvalue weighted by molar-refractivity contribution is 7.23. The van der Waals surface area contributed by atoms with Gasteiger partial charge in [0.2, 0.25) is 0 Å². The van der Waals surface area contributed by atoms with Crippen LogP contribution in [0.2, 0.25) is 0 Å². The number of hydrogen-bond donors (Lipinski definition) is 0. The Balaban J connectivity index is 1.01. The molecule has 0 fully saturated rings. The summed E-state index contributed by atoms with van der Waals surface area (Å²) in [5, 5.41) is 5.52. The van der Waals surface area contributed by atoms with Crippen molar-refractivity contribution in [2.24, 2.45) is 0 Å². The molecule has 0 amide bonds. The summed E-state index contributed by atoms with van der Waals surface area (Å²) in [5.74, 6) is 2.42. The number of para-hydroxylation sites is 3. The third kappa shape index (κ3) is 8.82. The third-order valence-corrected chi connectivity index (χ3v) is 22.1. The molecule has 4 heterocycles. The SMILES string of the molecule is CC(C)(C)c1cc(Oc2ccc3c(c2)N(c2cc(C(C)(C)C)ccn2)c2cccc4c2[Si]3(c2ccccc2)c2ccccc2-4)cc(-n2c[n+](-c3c(-c4ccccc4)cccc3-c3cc(C(C)(C)C)cc(C(C)(C)C)c3)c3ccccc32)c1. The lowest BCUT2D eigenvalue weighted by molar-refractivity contribution is -0.566. The Labute approximate surface area is 486 Å². The molecule has 11 aromatic rings. The van der Waals surface area contributed by atoms with Gasteiger partial charge in [0.05, 0.1) is 5.69 Å². The molecule has 0 radical (unpaired) electrons. The topological polar surface area (TPSA) is 34.2 Å². The predicted molar refractivity (Wildman–Crippen MR) is 346 cm³/mol. The molecule has 2 aromatic heterocycles. The van der Waals surface area contributed by atoms with Gasteiger partial charge in [-0.3, -0.25) is 4.90 Å². The first kappa shape index (κ1) is 52.8. The molecular formula is C76H73N4OSi+. The lowest BCUT2D eigenvalue weighted by atomic mass is 9.78. The number of rotatable bonds is 8. The molecule has 9 aromatic carbocycles. The number of ether oxygens (including phenoxy) is 1. The van der Waals surface area contributed by atoms with E-state index in [1.807, 2.05) is 6.20 Å². The summed E-state index contributed by atoms with van der Waals surface area (Å²) >= 11 is 0. The number of imidazole rings is 1. The highest BCUT2D eigenvalue weighted by Gasteiger charge is 2.55. The number of pyridine rings is 1. The molecule has 2 aliphatic rings. The average molecular weight is 1090 g/mol. The van der Waals surface area contributed by atoms with E-state index in [0.717, 1.165) is 56.5 Å². The first-order valence-electron chi connectivity index (χ1n) is 29.1. The molecule has 5 nitrogen and oxygen atoms in total. The first-order valence-corrected chi connectivity index (χ1v) is 31.1. The molecule has 1 unspecified atom stereocenters. The van der Waals surface area contributed by atoms with Gasteiger partial charge < -0.3 is 4.74 Å². The molecule has 6 heteroatoms. The van der Waals surface area contributed by atoms with Crippen molar-refractivity contribution in [1.29, 1.82) is 0 Å². The Kier molecular flexibility index (Phi) is 12.4. The Hall–Kier alpha value is -8.58. The molecule has 406 valence electrons. The quantitative estimate of drug-likeness (QED) is 0.112. The zero-order chi connectivity index (χ0) is 57.1. The van der Waals surface area contributed by atoms with E-state index in [-0.39, 0.29) is 21.7 Å². The molecule has 82 heavy (non-hydrogen) atoms. The van der Waals surface area contributed by atoms with Crippen LogP contribution >= 0.6 is 0 Å². The predicted octanol–water partition coefficient (Wildman–Crippen LogP) is 16.8. The largest absolute Gasteiger partial charge is 0.457 e. The van der Waals surface area contributed by atoms with Crippen LogP contribution in [0.4, 0.5) is 17.2 Å². The van der Waals surface area contributed by atoms with Crippen LogP contribution in [0.3, 0.4) is 0 Å². The summed E-state index contributed by atoms with van der Waals surface area (Å²) in [4.78, 5) is 7.63. The smallest absolute Gasteiger partial charge is 0.255 e. The van der Waals surface area contributed by atoms with Gasteiger partial charge >= 0.3 is 0 Å². The minimum atomic E-state index is -2.89. The maximum absolute atomic E-state index is 7.37. The molecule has 0 N–H and O–H groups in total. The molecule has 0 saturated carbocycles. The van der Waals surface area contributed by atoms with Gasteiger partial charge in [0.1, 0.15) is 28.7 Å². The van der Waals surface area contributed by atoms with E-state index in [2.05, 4.69) is 316 Å². The highest BCUT2D eigenvalue weighted by Crippen LogP contribution is 2.46. The van der Waals surface area contributed by atoms with Crippen LogP contribution < -0.4 is 35.0 Å². The van der Waals surface area contributed by atoms with E-state index in [4.69, 9.17) is 9.72 Å². The minimum absolute atomic E-state index is 0.0499. The van der Waals surface area contributed by atoms with E-state index in [1.54, 1.807) is 0 Å². The van der Waals surface area contributed by atoms with Crippen LogP contribution in [0, 0.1) is 0 Å². The summed E-state index contributed by atoms with van der Waals surface area (Å²) in [6.45, 7) is 27.6. The van der Waals surface area contributed by atoms with Crippen molar-refractivity contribution in [3.63, 3.8) is 0 Å². The van der Waals surface area contributed by atoms with E-state index < -0.39 is 8.07 Å². The fourth-order valence-electron chi connectivity index (χ4n) is 12.8.